The van der Waals surface area contributed by atoms with Crippen LogP contribution in [0.15, 0.2) is 12.1 Å². The minimum absolute atomic E-state index is 0.276. The van der Waals surface area contributed by atoms with Crippen LogP contribution >= 0.6 is 0 Å². The molecule has 8 nitrogen and oxygen atoms in total. The summed E-state index contributed by atoms with van der Waals surface area (Å²) in [4.78, 5) is 28.8. The number of ether oxygens (including phenoxy) is 1. The number of imide groups is 1. The molecule has 3 N–H and O–H groups in total. The highest BCUT2D eigenvalue weighted by atomic mass is 19.1. The Balaban J connectivity index is 1.34. The molecule has 3 fully saturated rings. The second-order valence-electron chi connectivity index (χ2n) is 9.49. The fourth-order valence-corrected chi connectivity index (χ4v) is 5.04. The lowest BCUT2D eigenvalue weighted by Crippen LogP contribution is -2.44. The van der Waals surface area contributed by atoms with E-state index >= 15 is 4.39 Å². The Hall–Kier alpha value is -2.39. The molecule has 0 aromatic heterocycles. The lowest BCUT2D eigenvalue weighted by molar-refractivity contribution is -0.146. The zero-order valence-corrected chi connectivity index (χ0v) is 19.5. The highest BCUT2D eigenvalue weighted by Gasteiger charge is 2.28. The van der Waals surface area contributed by atoms with Crippen molar-refractivity contribution in [2.24, 2.45) is 11.7 Å². The number of piperidine rings is 3. The molecule has 0 radical (unpaired) electrons. The predicted molar refractivity (Wildman–Crippen MR) is 125 cm³/mol. The molecule has 182 valence electrons. The van der Waals surface area contributed by atoms with Crippen molar-refractivity contribution in [3.63, 3.8) is 0 Å². The molecule has 1 aromatic rings. The van der Waals surface area contributed by atoms with Crippen molar-refractivity contribution < 1.29 is 18.7 Å². The highest BCUT2D eigenvalue weighted by Crippen LogP contribution is 2.35. The van der Waals surface area contributed by atoms with E-state index in [4.69, 9.17) is 10.5 Å². The predicted octanol–water partition coefficient (Wildman–Crippen LogP) is 2.73. The van der Waals surface area contributed by atoms with Gasteiger partial charge in [0.25, 0.3) is 0 Å². The molecular weight excluding hydrogens is 425 g/mol. The Kier molecular flexibility index (Phi) is 7.70. The Morgan fingerprint density at radius 2 is 1.73 bits per heavy atom. The number of hydrazine groups is 1. The van der Waals surface area contributed by atoms with Crippen LogP contribution in [0.25, 0.3) is 0 Å². The van der Waals surface area contributed by atoms with Gasteiger partial charge in [-0.05, 0) is 64.1 Å². The summed E-state index contributed by atoms with van der Waals surface area (Å²) in [7, 11) is 1.50. The maximum atomic E-state index is 15.1. The summed E-state index contributed by atoms with van der Waals surface area (Å²) in [5.41, 5.74) is 9.54. The molecule has 3 aliphatic rings. The standard InChI is InChI=1S/C24H36FN5O3/c1-33-22-16-21(19(25)15-20(22)27-30-23(31)3-2-4-24(30)32)29-13-6-17(7-14-29)5-10-28-11-8-18(26)9-12-28/h15-18,27H,2-14,26H2,1H3. The third kappa shape index (κ3) is 5.76. The van der Waals surface area contributed by atoms with Gasteiger partial charge in [0, 0.05) is 44.1 Å². The summed E-state index contributed by atoms with van der Waals surface area (Å²) < 4.78 is 20.5. The molecule has 0 spiro atoms. The summed E-state index contributed by atoms with van der Waals surface area (Å²) in [6.07, 6.45) is 6.55. The van der Waals surface area contributed by atoms with Crippen molar-refractivity contribution in [2.45, 2.75) is 57.4 Å². The lowest BCUT2D eigenvalue weighted by Gasteiger charge is -2.36. The summed E-state index contributed by atoms with van der Waals surface area (Å²) in [6, 6.07) is 3.34. The molecule has 0 unspecified atom stereocenters. The summed E-state index contributed by atoms with van der Waals surface area (Å²) in [5.74, 6) is 0.0414. The van der Waals surface area contributed by atoms with Gasteiger partial charge in [0.2, 0.25) is 11.8 Å². The van der Waals surface area contributed by atoms with Gasteiger partial charge >= 0.3 is 0 Å². The fourth-order valence-electron chi connectivity index (χ4n) is 5.04. The van der Waals surface area contributed by atoms with Crippen LogP contribution in [0.3, 0.4) is 0 Å². The smallest absolute Gasteiger partial charge is 0.248 e. The summed E-state index contributed by atoms with van der Waals surface area (Å²) in [5, 5.41) is 0.974. The zero-order chi connectivity index (χ0) is 23.4. The van der Waals surface area contributed by atoms with E-state index in [1.807, 2.05) is 0 Å². The number of carbonyl (C=O) groups is 2. The van der Waals surface area contributed by atoms with Crippen LogP contribution in [0.2, 0.25) is 0 Å². The fraction of sp³-hybridized carbons (Fsp3) is 0.667. The van der Waals surface area contributed by atoms with Gasteiger partial charge in [0.15, 0.2) is 0 Å². The average Bonchev–Trinajstić information content (AvgIpc) is 2.82. The number of likely N-dealkylation sites (tertiary alicyclic amines) is 1. The maximum absolute atomic E-state index is 15.1. The van der Waals surface area contributed by atoms with Crippen LogP contribution in [-0.4, -0.2) is 67.6 Å². The van der Waals surface area contributed by atoms with Gasteiger partial charge in [-0.15, -0.1) is 0 Å². The van der Waals surface area contributed by atoms with E-state index in [0.29, 0.717) is 42.7 Å². The molecule has 4 rings (SSSR count). The Morgan fingerprint density at radius 1 is 1.06 bits per heavy atom. The van der Waals surface area contributed by atoms with E-state index in [1.54, 1.807) is 6.07 Å². The van der Waals surface area contributed by atoms with E-state index in [9.17, 15) is 9.59 Å². The third-order valence-corrected chi connectivity index (χ3v) is 7.22. The number of hydrogen-bond donors (Lipinski definition) is 2. The molecule has 0 saturated carbocycles. The average molecular weight is 462 g/mol. The second kappa shape index (κ2) is 10.7. The number of anilines is 2. The first-order valence-electron chi connectivity index (χ1n) is 12.2. The summed E-state index contributed by atoms with van der Waals surface area (Å²) >= 11 is 0. The zero-order valence-electron chi connectivity index (χ0n) is 19.5. The van der Waals surface area contributed by atoms with Crippen molar-refractivity contribution in [1.82, 2.24) is 9.91 Å². The van der Waals surface area contributed by atoms with Gasteiger partial charge in [-0.3, -0.25) is 15.0 Å². The van der Waals surface area contributed by atoms with Crippen LogP contribution in [0.1, 0.15) is 51.4 Å². The first kappa shape index (κ1) is 23.8. The van der Waals surface area contributed by atoms with Gasteiger partial charge in [0.05, 0.1) is 18.5 Å². The SMILES string of the molecule is COc1cc(N2CCC(CCN3CCC(N)CC3)CC2)c(F)cc1NN1C(=O)CCCC1=O. The van der Waals surface area contributed by atoms with Gasteiger partial charge in [-0.1, -0.05) is 0 Å². The van der Waals surface area contributed by atoms with Crippen molar-refractivity contribution in [3.05, 3.63) is 17.9 Å². The van der Waals surface area contributed by atoms with Crippen LogP contribution in [0, 0.1) is 11.7 Å². The molecule has 9 heteroatoms. The molecule has 3 saturated heterocycles. The number of carbonyl (C=O) groups excluding carboxylic acids is 2. The largest absolute Gasteiger partial charge is 0.494 e. The second-order valence-corrected chi connectivity index (χ2v) is 9.49. The number of nitrogens with one attached hydrogen (secondary N) is 1. The minimum atomic E-state index is -0.390. The molecule has 0 atom stereocenters. The number of halogens is 1. The third-order valence-electron chi connectivity index (χ3n) is 7.22. The molecule has 3 aliphatic heterocycles. The quantitative estimate of drug-likeness (QED) is 0.604. The van der Waals surface area contributed by atoms with E-state index in [1.165, 1.54) is 19.6 Å². The monoisotopic (exact) mass is 461 g/mol. The molecular formula is C24H36FN5O3. The first-order chi connectivity index (χ1) is 15.9. The van der Waals surface area contributed by atoms with Crippen LogP contribution < -0.4 is 20.8 Å². The van der Waals surface area contributed by atoms with E-state index in [-0.39, 0.29) is 17.5 Å². The Labute approximate surface area is 195 Å². The van der Waals surface area contributed by atoms with Crippen molar-refractivity contribution in [1.29, 1.82) is 0 Å². The maximum Gasteiger partial charge on any atom is 0.248 e. The molecule has 0 aliphatic carbocycles. The molecule has 33 heavy (non-hydrogen) atoms. The van der Waals surface area contributed by atoms with E-state index in [2.05, 4.69) is 15.2 Å². The number of nitrogens with two attached hydrogens (primary N) is 1. The van der Waals surface area contributed by atoms with Crippen molar-refractivity contribution >= 4 is 23.2 Å². The van der Waals surface area contributed by atoms with Crippen LogP contribution in [0.5, 0.6) is 5.75 Å². The topological polar surface area (TPSA) is 91.1 Å². The number of hydrogen-bond acceptors (Lipinski definition) is 7. The lowest BCUT2D eigenvalue weighted by atomic mass is 9.92. The van der Waals surface area contributed by atoms with Crippen molar-refractivity contribution in [3.8, 4) is 5.75 Å². The van der Waals surface area contributed by atoms with Gasteiger partial charge in [-0.2, -0.15) is 5.01 Å². The highest BCUT2D eigenvalue weighted by molar-refractivity contribution is 5.99. The number of rotatable bonds is 7. The van der Waals surface area contributed by atoms with Gasteiger partial charge in [-0.25, -0.2) is 4.39 Å². The number of amides is 2. The molecule has 2 amide bonds. The number of nitrogens with zero attached hydrogens (tertiary/aromatic N) is 3. The van der Waals surface area contributed by atoms with Crippen molar-refractivity contribution in [2.75, 3.05) is 50.2 Å². The molecule has 0 bridgehead atoms. The molecule has 1 aromatic carbocycles. The van der Waals surface area contributed by atoms with E-state index < -0.39 is 5.82 Å². The normalized spacial score (nSPS) is 21.5. The minimum Gasteiger partial charge on any atom is -0.494 e. The Morgan fingerprint density at radius 3 is 2.36 bits per heavy atom. The first-order valence-corrected chi connectivity index (χ1v) is 12.2. The van der Waals surface area contributed by atoms with Crippen LogP contribution in [-0.2, 0) is 9.59 Å². The van der Waals surface area contributed by atoms with Gasteiger partial charge < -0.3 is 20.3 Å². The molecule has 3 heterocycles. The number of benzene rings is 1. The Bertz CT molecular complexity index is 835. The van der Waals surface area contributed by atoms with E-state index in [0.717, 1.165) is 63.4 Å². The van der Waals surface area contributed by atoms with Crippen LogP contribution in [0.4, 0.5) is 15.8 Å². The number of methoxy groups -OCH3 is 1. The summed E-state index contributed by atoms with van der Waals surface area (Å²) in [6.45, 7) is 4.91. The van der Waals surface area contributed by atoms with Gasteiger partial charge in [0.1, 0.15) is 11.6 Å².